The van der Waals surface area contributed by atoms with Crippen LogP contribution in [0.4, 0.5) is 0 Å². The standard InChI is InChI=1S/C17H24N4O.2ClH/c1-13-20-15-6-2-3-7-16(15)21(13)12-11-19-17(22)9-8-14-5-4-10-18-14;;/h2-3,6-7,14,18H,4-5,8-12H2,1H3,(H,19,22);2*1H. The third-order valence-electron chi connectivity index (χ3n) is 4.39. The summed E-state index contributed by atoms with van der Waals surface area (Å²) in [5.41, 5.74) is 2.14. The van der Waals surface area contributed by atoms with E-state index in [1.807, 2.05) is 25.1 Å². The van der Waals surface area contributed by atoms with E-state index < -0.39 is 0 Å². The van der Waals surface area contributed by atoms with Crippen molar-refractivity contribution in [1.29, 1.82) is 0 Å². The quantitative estimate of drug-likeness (QED) is 0.819. The van der Waals surface area contributed by atoms with Gasteiger partial charge >= 0.3 is 0 Å². The lowest BCUT2D eigenvalue weighted by Gasteiger charge is -2.11. The first-order valence-electron chi connectivity index (χ1n) is 8.16. The van der Waals surface area contributed by atoms with Crippen LogP contribution < -0.4 is 10.6 Å². The monoisotopic (exact) mass is 372 g/mol. The molecule has 1 amide bonds. The first-order chi connectivity index (χ1) is 10.7. The zero-order valence-electron chi connectivity index (χ0n) is 14.0. The van der Waals surface area contributed by atoms with Crippen LogP contribution in [0.5, 0.6) is 0 Å². The van der Waals surface area contributed by atoms with Crippen molar-refractivity contribution in [2.45, 2.75) is 45.2 Å². The Morgan fingerprint density at radius 3 is 2.92 bits per heavy atom. The molecule has 1 aromatic carbocycles. The number of hydrogen-bond acceptors (Lipinski definition) is 3. The van der Waals surface area contributed by atoms with Crippen LogP contribution in [0.2, 0.25) is 0 Å². The van der Waals surface area contributed by atoms with Gasteiger partial charge in [-0.05, 0) is 44.9 Å². The van der Waals surface area contributed by atoms with Gasteiger partial charge in [0.2, 0.25) is 5.91 Å². The van der Waals surface area contributed by atoms with Crippen LogP contribution in [-0.4, -0.2) is 34.6 Å². The molecule has 1 saturated heterocycles. The molecule has 134 valence electrons. The van der Waals surface area contributed by atoms with Gasteiger partial charge in [-0.25, -0.2) is 4.98 Å². The van der Waals surface area contributed by atoms with Crippen molar-refractivity contribution >= 4 is 41.8 Å². The molecule has 2 heterocycles. The zero-order valence-corrected chi connectivity index (χ0v) is 15.6. The van der Waals surface area contributed by atoms with Crippen molar-refractivity contribution in [2.75, 3.05) is 13.1 Å². The molecule has 1 unspecified atom stereocenters. The molecular weight excluding hydrogens is 347 g/mol. The molecular formula is C17H26Cl2N4O. The second kappa shape index (κ2) is 9.87. The highest BCUT2D eigenvalue weighted by Gasteiger charge is 2.15. The van der Waals surface area contributed by atoms with E-state index in [1.165, 1.54) is 12.8 Å². The molecule has 1 aromatic heterocycles. The lowest BCUT2D eigenvalue weighted by Crippen LogP contribution is -2.29. The Morgan fingerprint density at radius 1 is 1.38 bits per heavy atom. The molecule has 0 saturated carbocycles. The van der Waals surface area contributed by atoms with Gasteiger partial charge in [0.25, 0.3) is 0 Å². The number of carbonyl (C=O) groups is 1. The van der Waals surface area contributed by atoms with Gasteiger partial charge in [-0.15, -0.1) is 24.8 Å². The van der Waals surface area contributed by atoms with Crippen LogP contribution in [0.1, 0.15) is 31.5 Å². The number of rotatable bonds is 6. The third-order valence-corrected chi connectivity index (χ3v) is 4.39. The fraction of sp³-hybridized carbons (Fsp3) is 0.529. The summed E-state index contributed by atoms with van der Waals surface area (Å²) in [5, 5.41) is 6.45. The molecule has 1 atom stereocenters. The van der Waals surface area contributed by atoms with Gasteiger partial charge in [-0.3, -0.25) is 4.79 Å². The van der Waals surface area contributed by atoms with Gasteiger partial charge < -0.3 is 15.2 Å². The fourth-order valence-corrected chi connectivity index (χ4v) is 3.18. The highest BCUT2D eigenvalue weighted by atomic mass is 35.5. The summed E-state index contributed by atoms with van der Waals surface area (Å²) in [5.74, 6) is 1.14. The second-order valence-electron chi connectivity index (χ2n) is 5.98. The normalized spacial score (nSPS) is 16.5. The molecule has 24 heavy (non-hydrogen) atoms. The Balaban J connectivity index is 0.00000144. The number of carbonyl (C=O) groups excluding carboxylic acids is 1. The van der Waals surface area contributed by atoms with E-state index in [-0.39, 0.29) is 30.7 Å². The molecule has 7 heteroatoms. The number of benzene rings is 1. The summed E-state index contributed by atoms with van der Waals surface area (Å²) in [4.78, 5) is 16.5. The average Bonchev–Trinajstić information content (AvgIpc) is 3.13. The van der Waals surface area contributed by atoms with E-state index in [0.29, 0.717) is 19.0 Å². The number of nitrogens with zero attached hydrogens (tertiary/aromatic N) is 2. The summed E-state index contributed by atoms with van der Waals surface area (Å²) in [7, 11) is 0. The lowest BCUT2D eigenvalue weighted by molar-refractivity contribution is -0.121. The van der Waals surface area contributed by atoms with E-state index >= 15 is 0 Å². The van der Waals surface area contributed by atoms with Crippen LogP contribution in [-0.2, 0) is 11.3 Å². The van der Waals surface area contributed by atoms with Crippen LogP contribution in [0.3, 0.4) is 0 Å². The van der Waals surface area contributed by atoms with Crippen LogP contribution in [0, 0.1) is 6.92 Å². The van der Waals surface area contributed by atoms with Gasteiger partial charge in [0.1, 0.15) is 5.82 Å². The van der Waals surface area contributed by atoms with Crippen LogP contribution in [0.15, 0.2) is 24.3 Å². The molecule has 1 fully saturated rings. The number of amides is 1. The largest absolute Gasteiger partial charge is 0.354 e. The first-order valence-corrected chi connectivity index (χ1v) is 8.16. The Morgan fingerprint density at radius 2 is 2.17 bits per heavy atom. The highest BCUT2D eigenvalue weighted by molar-refractivity contribution is 5.85. The van der Waals surface area contributed by atoms with Crippen molar-refractivity contribution in [3.63, 3.8) is 0 Å². The SMILES string of the molecule is Cc1nc2ccccc2n1CCNC(=O)CCC1CCCN1.Cl.Cl. The fourth-order valence-electron chi connectivity index (χ4n) is 3.18. The maximum Gasteiger partial charge on any atom is 0.220 e. The predicted octanol–water partition coefficient (Wildman–Crippen LogP) is 2.84. The Bertz CT molecular complexity index is 653. The maximum absolute atomic E-state index is 11.9. The molecule has 2 aromatic rings. The van der Waals surface area contributed by atoms with Crippen molar-refractivity contribution in [3.8, 4) is 0 Å². The molecule has 0 spiro atoms. The molecule has 0 aliphatic carbocycles. The summed E-state index contributed by atoms with van der Waals surface area (Å²) >= 11 is 0. The van der Waals surface area contributed by atoms with E-state index in [4.69, 9.17) is 0 Å². The minimum Gasteiger partial charge on any atom is -0.354 e. The van der Waals surface area contributed by atoms with Crippen LogP contribution >= 0.6 is 24.8 Å². The molecule has 3 rings (SSSR count). The van der Waals surface area contributed by atoms with Gasteiger partial charge in [0.15, 0.2) is 0 Å². The highest BCUT2D eigenvalue weighted by Crippen LogP contribution is 2.15. The van der Waals surface area contributed by atoms with Crippen molar-refractivity contribution in [1.82, 2.24) is 20.2 Å². The maximum atomic E-state index is 11.9. The minimum atomic E-state index is 0. The van der Waals surface area contributed by atoms with Gasteiger partial charge in [-0.2, -0.15) is 0 Å². The molecule has 2 N–H and O–H groups in total. The molecule has 0 radical (unpaired) electrons. The third kappa shape index (κ3) is 5.10. The number of fused-ring (bicyclic) bond motifs is 1. The number of hydrogen-bond donors (Lipinski definition) is 2. The topological polar surface area (TPSA) is 59.0 Å². The molecule has 5 nitrogen and oxygen atoms in total. The number of aryl methyl sites for hydroxylation is 1. The zero-order chi connectivity index (χ0) is 15.4. The van der Waals surface area contributed by atoms with Crippen molar-refractivity contribution in [2.24, 2.45) is 0 Å². The Hall–Kier alpha value is -1.30. The summed E-state index contributed by atoms with van der Waals surface area (Å²) in [6.07, 6.45) is 3.99. The summed E-state index contributed by atoms with van der Waals surface area (Å²) in [6, 6.07) is 8.64. The number of aromatic nitrogens is 2. The molecule has 0 bridgehead atoms. The molecule has 1 aliphatic rings. The number of nitrogens with one attached hydrogen (secondary N) is 2. The van der Waals surface area contributed by atoms with E-state index in [0.717, 1.165) is 36.4 Å². The van der Waals surface area contributed by atoms with E-state index in [2.05, 4.69) is 26.3 Å². The van der Waals surface area contributed by atoms with Crippen molar-refractivity contribution in [3.05, 3.63) is 30.1 Å². The van der Waals surface area contributed by atoms with Gasteiger partial charge in [0, 0.05) is 25.6 Å². The first kappa shape index (κ1) is 20.7. The number of halogens is 2. The number of para-hydroxylation sites is 2. The Labute approximate surface area is 155 Å². The van der Waals surface area contributed by atoms with Gasteiger partial charge in [0.05, 0.1) is 11.0 Å². The summed E-state index contributed by atoms with van der Waals surface area (Å²) in [6.45, 7) is 4.52. The summed E-state index contributed by atoms with van der Waals surface area (Å²) < 4.78 is 2.16. The smallest absolute Gasteiger partial charge is 0.220 e. The van der Waals surface area contributed by atoms with Gasteiger partial charge in [-0.1, -0.05) is 12.1 Å². The van der Waals surface area contributed by atoms with Crippen molar-refractivity contribution < 1.29 is 4.79 Å². The average molecular weight is 373 g/mol. The second-order valence-corrected chi connectivity index (χ2v) is 5.98. The van der Waals surface area contributed by atoms with E-state index in [1.54, 1.807) is 0 Å². The number of imidazole rings is 1. The Kier molecular flexibility index (Phi) is 8.53. The predicted molar refractivity (Wildman–Crippen MR) is 102 cm³/mol. The minimum absolute atomic E-state index is 0. The van der Waals surface area contributed by atoms with Crippen LogP contribution in [0.25, 0.3) is 11.0 Å². The molecule has 1 aliphatic heterocycles. The van der Waals surface area contributed by atoms with E-state index in [9.17, 15) is 4.79 Å². The lowest BCUT2D eigenvalue weighted by atomic mass is 10.1.